The monoisotopic (exact) mass is 265 g/mol. The van der Waals surface area contributed by atoms with E-state index in [0.717, 1.165) is 32.0 Å². The van der Waals surface area contributed by atoms with Crippen LogP contribution >= 0.6 is 0 Å². The molecule has 6 heteroatoms. The van der Waals surface area contributed by atoms with Crippen LogP contribution in [0.1, 0.15) is 19.3 Å². The van der Waals surface area contributed by atoms with Crippen molar-refractivity contribution in [1.29, 1.82) is 0 Å². The molecule has 19 heavy (non-hydrogen) atoms. The van der Waals surface area contributed by atoms with Crippen LogP contribution in [-0.4, -0.2) is 35.0 Å². The molecule has 0 aliphatic carbocycles. The summed E-state index contributed by atoms with van der Waals surface area (Å²) >= 11 is 0. The van der Waals surface area contributed by atoms with Gasteiger partial charge >= 0.3 is 5.69 Å². The summed E-state index contributed by atoms with van der Waals surface area (Å²) in [5.41, 5.74) is -0.150. The van der Waals surface area contributed by atoms with E-state index in [1.165, 1.54) is 12.5 Å². The van der Waals surface area contributed by atoms with E-state index >= 15 is 0 Å². The summed E-state index contributed by atoms with van der Waals surface area (Å²) in [6, 6.07) is 4.83. The van der Waals surface area contributed by atoms with Crippen LogP contribution in [0.5, 0.6) is 0 Å². The first-order valence-electron chi connectivity index (χ1n) is 6.60. The fraction of sp³-hybridized carbons (Fsp3) is 0.538. The molecule has 0 bridgehead atoms. The van der Waals surface area contributed by atoms with Crippen LogP contribution in [0.3, 0.4) is 0 Å². The summed E-state index contributed by atoms with van der Waals surface area (Å²) < 4.78 is 13.6. The molecule has 2 aliphatic rings. The van der Waals surface area contributed by atoms with E-state index in [1.54, 1.807) is 6.07 Å². The maximum Gasteiger partial charge on any atom is 0.327 e. The van der Waals surface area contributed by atoms with Crippen molar-refractivity contribution in [2.24, 2.45) is 0 Å². The van der Waals surface area contributed by atoms with Gasteiger partial charge in [-0.25, -0.2) is 0 Å². The Kier molecular flexibility index (Phi) is 3.10. The second kappa shape index (κ2) is 4.77. The zero-order valence-corrected chi connectivity index (χ0v) is 10.5. The van der Waals surface area contributed by atoms with Crippen molar-refractivity contribution < 1.29 is 9.31 Å². The molecular weight excluding hydrogens is 249 g/mol. The Hall–Kier alpha value is -1.69. The molecule has 102 valence electrons. The van der Waals surface area contributed by atoms with Crippen LogP contribution in [0.15, 0.2) is 18.2 Å². The van der Waals surface area contributed by atoms with Crippen LogP contribution in [-0.2, 0) is 0 Å². The van der Waals surface area contributed by atoms with Gasteiger partial charge in [-0.05, 0) is 37.9 Å². The third kappa shape index (κ3) is 2.16. The van der Waals surface area contributed by atoms with E-state index < -0.39 is 16.4 Å². The van der Waals surface area contributed by atoms with Crippen molar-refractivity contribution in [2.45, 2.75) is 31.3 Å². The summed E-state index contributed by atoms with van der Waals surface area (Å²) in [4.78, 5) is 12.7. The fourth-order valence-electron chi connectivity index (χ4n) is 3.27. The van der Waals surface area contributed by atoms with Crippen LogP contribution in [0.25, 0.3) is 0 Å². The number of anilines is 1. The van der Waals surface area contributed by atoms with E-state index in [9.17, 15) is 14.5 Å². The summed E-state index contributed by atoms with van der Waals surface area (Å²) in [6.07, 6.45) is 3.24. The highest BCUT2D eigenvalue weighted by molar-refractivity contribution is 5.62. The molecule has 0 spiro atoms. The first-order valence-corrected chi connectivity index (χ1v) is 6.60. The third-order valence-electron chi connectivity index (χ3n) is 4.12. The normalized spacial score (nSPS) is 26.4. The minimum absolute atomic E-state index is 0.183. The van der Waals surface area contributed by atoms with Gasteiger partial charge in [0.1, 0.15) is 5.69 Å². The van der Waals surface area contributed by atoms with E-state index in [1.807, 2.05) is 0 Å². The van der Waals surface area contributed by atoms with E-state index in [-0.39, 0.29) is 6.04 Å². The van der Waals surface area contributed by atoms with Crippen LogP contribution in [0.4, 0.5) is 15.8 Å². The molecule has 0 saturated carbocycles. The standard InChI is InChI=1S/C13H16FN3O2/c14-9-3-1-4-11(13(9)17(18)19)15-10-6-8-16-7-2-5-12(10)16/h1,3-4,10,12,15H,2,5-8H2. The molecular formula is C13H16FN3O2. The first kappa shape index (κ1) is 12.3. The Balaban J connectivity index is 1.84. The van der Waals surface area contributed by atoms with Gasteiger partial charge in [0.2, 0.25) is 5.82 Å². The smallest absolute Gasteiger partial charge is 0.327 e. The number of nitro benzene ring substituents is 1. The zero-order chi connectivity index (χ0) is 13.4. The molecule has 0 radical (unpaired) electrons. The van der Waals surface area contributed by atoms with Crippen LogP contribution in [0.2, 0.25) is 0 Å². The predicted octanol–water partition coefficient (Wildman–Crippen LogP) is 2.38. The number of hydrogen-bond acceptors (Lipinski definition) is 4. The maximum absolute atomic E-state index is 13.6. The number of nitrogens with zero attached hydrogens (tertiary/aromatic N) is 2. The molecule has 2 aliphatic heterocycles. The molecule has 0 aromatic heterocycles. The lowest BCUT2D eigenvalue weighted by Crippen LogP contribution is -2.33. The molecule has 3 rings (SSSR count). The van der Waals surface area contributed by atoms with Gasteiger partial charge in [-0.1, -0.05) is 6.07 Å². The lowest BCUT2D eigenvalue weighted by molar-refractivity contribution is -0.386. The van der Waals surface area contributed by atoms with Crippen LogP contribution < -0.4 is 5.32 Å². The second-order valence-corrected chi connectivity index (χ2v) is 5.18. The Bertz CT molecular complexity index is 509. The molecule has 0 amide bonds. The van der Waals surface area contributed by atoms with Crippen molar-refractivity contribution in [3.8, 4) is 0 Å². The first-order chi connectivity index (χ1) is 9.16. The molecule has 1 aromatic rings. The number of hydrogen-bond donors (Lipinski definition) is 1. The van der Waals surface area contributed by atoms with E-state index in [4.69, 9.17) is 0 Å². The average Bonchev–Trinajstić information content (AvgIpc) is 2.93. The summed E-state index contributed by atoms with van der Waals surface area (Å²) in [7, 11) is 0. The van der Waals surface area contributed by atoms with Crippen molar-refractivity contribution in [1.82, 2.24) is 4.90 Å². The molecule has 2 heterocycles. The molecule has 2 saturated heterocycles. The molecule has 2 fully saturated rings. The number of fused-ring (bicyclic) bond motifs is 1. The highest BCUT2D eigenvalue weighted by Crippen LogP contribution is 2.33. The molecule has 1 aromatic carbocycles. The quantitative estimate of drug-likeness (QED) is 0.673. The predicted molar refractivity (Wildman–Crippen MR) is 69.7 cm³/mol. The summed E-state index contributed by atoms with van der Waals surface area (Å²) in [6.45, 7) is 2.12. The van der Waals surface area contributed by atoms with Gasteiger partial charge in [0.25, 0.3) is 0 Å². The van der Waals surface area contributed by atoms with Crippen LogP contribution in [0, 0.1) is 15.9 Å². The summed E-state index contributed by atoms with van der Waals surface area (Å²) in [5.74, 6) is -0.781. The van der Waals surface area contributed by atoms with Crippen molar-refractivity contribution >= 4 is 11.4 Å². The number of rotatable bonds is 3. The average molecular weight is 265 g/mol. The van der Waals surface area contributed by atoms with Gasteiger partial charge in [0.05, 0.1) is 4.92 Å². The topological polar surface area (TPSA) is 58.4 Å². The molecule has 2 unspecified atom stereocenters. The lowest BCUT2D eigenvalue weighted by Gasteiger charge is -2.22. The van der Waals surface area contributed by atoms with Gasteiger partial charge in [-0.3, -0.25) is 15.0 Å². The number of para-hydroxylation sites is 1. The SMILES string of the molecule is O=[N+]([O-])c1c(F)cccc1NC1CCN2CCCC12. The number of halogens is 1. The Morgan fingerprint density at radius 3 is 3.00 bits per heavy atom. The van der Waals surface area contributed by atoms with Gasteiger partial charge in [0.15, 0.2) is 0 Å². The molecule has 2 atom stereocenters. The minimum Gasteiger partial charge on any atom is -0.375 e. The number of nitrogens with one attached hydrogen (secondary N) is 1. The third-order valence-corrected chi connectivity index (χ3v) is 4.12. The zero-order valence-electron chi connectivity index (χ0n) is 10.5. The highest BCUT2D eigenvalue weighted by atomic mass is 19.1. The van der Waals surface area contributed by atoms with E-state index in [0.29, 0.717) is 11.7 Å². The van der Waals surface area contributed by atoms with Gasteiger partial charge < -0.3 is 5.32 Å². The Labute approximate surface area is 110 Å². The van der Waals surface area contributed by atoms with Crippen molar-refractivity contribution in [3.05, 3.63) is 34.1 Å². The maximum atomic E-state index is 13.6. The van der Waals surface area contributed by atoms with Gasteiger partial charge in [-0.15, -0.1) is 0 Å². The van der Waals surface area contributed by atoms with Crippen molar-refractivity contribution in [2.75, 3.05) is 18.4 Å². The number of nitro groups is 1. The Morgan fingerprint density at radius 2 is 2.21 bits per heavy atom. The fourth-order valence-corrected chi connectivity index (χ4v) is 3.27. The lowest BCUT2D eigenvalue weighted by atomic mass is 10.1. The van der Waals surface area contributed by atoms with Gasteiger partial charge in [0, 0.05) is 18.6 Å². The minimum atomic E-state index is -0.781. The van der Waals surface area contributed by atoms with E-state index in [2.05, 4.69) is 10.2 Å². The Morgan fingerprint density at radius 1 is 1.37 bits per heavy atom. The van der Waals surface area contributed by atoms with Gasteiger partial charge in [-0.2, -0.15) is 4.39 Å². The van der Waals surface area contributed by atoms with Crippen molar-refractivity contribution in [3.63, 3.8) is 0 Å². The largest absolute Gasteiger partial charge is 0.375 e. The summed E-state index contributed by atoms with van der Waals surface area (Å²) in [5, 5.41) is 14.1. The second-order valence-electron chi connectivity index (χ2n) is 5.18. The number of benzene rings is 1. The highest BCUT2D eigenvalue weighted by Gasteiger charge is 2.38. The molecule has 1 N–H and O–H groups in total. The molecule has 5 nitrogen and oxygen atoms in total.